The van der Waals surface area contributed by atoms with E-state index < -0.39 is 11.2 Å². The van der Waals surface area contributed by atoms with E-state index in [-0.39, 0.29) is 23.9 Å². The predicted molar refractivity (Wildman–Crippen MR) is 120 cm³/mol. The molecule has 0 spiro atoms. The minimum atomic E-state index is -0.578. The van der Waals surface area contributed by atoms with E-state index in [1.807, 2.05) is 65.8 Å². The number of nitrogens with zero attached hydrogens (tertiary/aromatic N) is 1. The fraction of sp³-hybridized carbons (Fsp3) is 0.667. The number of nitrogens with two attached hydrogens (primary N) is 1. The molecule has 7 heteroatoms. The van der Waals surface area contributed by atoms with Crippen LogP contribution in [0.5, 0.6) is 5.75 Å². The van der Waals surface area contributed by atoms with E-state index in [0.29, 0.717) is 32.7 Å². The summed E-state index contributed by atoms with van der Waals surface area (Å²) in [6, 6.07) is 7.71. The summed E-state index contributed by atoms with van der Waals surface area (Å²) in [4.78, 5) is 27.3. The Morgan fingerprint density at radius 2 is 1.81 bits per heavy atom. The molecule has 1 amide bonds. The van der Waals surface area contributed by atoms with Crippen molar-refractivity contribution in [3.8, 4) is 5.75 Å². The van der Waals surface area contributed by atoms with Gasteiger partial charge in [-0.05, 0) is 78.0 Å². The Labute approximate surface area is 186 Å². The number of benzene rings is 1. The van der Waals surface area contributed by atoms with E-state index in [1.165, 1.54) is 0 Å². The molecule has 7 nitrogen and oxygen atoms in total. The number of carbonyl (C=O) groups is 2. The van der Waals surface area contributed by atoms with Crippen molar-refractivity contribution in [1.82, 2.24) is 4.90 Å². The highest BCUT2D eigenvalue weighted by molar-refractivity contribution is 5.74. The van der Waals surface area contributed by atoms with Crippen LogP contribution >= 0.6 is 0 Å². The number of ether oxygens (including phenoxy) is 3. The second-order valence-corrected chi connectivity index (χ2v) is 10.1. The number of hydrogen-bond donors (Lipinski definition) is 1. The van der Waals surface area contributed by atoms with Crippen molar-refractivity contribution in [3.05, 3.63) is 29.8 Å². The molecular formula is C24H38N2O5. The fourth-order valence-corrected chi connectivity index (χ4v) is 3.62. The summed E-state index contributed by atoms with van der Waals surface area (Å²) in [5.41, 5.74) is 5.38. The van der Waals surface area contributed by atoms with Crippen LogP contribution in [-0.4, -0.2) is 54.4 Å². The fourth-order valence-electron chi connectivity index (χ4n) is 3.62. The number of carbonyl (C=O) groups excluding carboxylic acids is 2. The first kappa shape index (κ1) is 25.0. The molecule has 1 fully saturated rings. The minimum absolute atomic E-state index is 0.00372. The molecule has 2 rings (SSSR count). The van der Waals surface area contributed by atoms with Crippen LogP contribution in [0.4, 0.5) is 4.79 Å². The number of esters is 1. The molecule has 1 heterocycles. The monoisotopic (exact) mass is 434 g/mol. The molecule has 0 radical (unpaired) electrons. The van der Waals surface area contributed by atoms with Crippen LogP contribution in [0.2, 0.25) is 0 Å². The van der Waals surface area contributed by atoms with Crippen molar-refractivity contribution >= 4 is 12.1 Å². The van der Waals surface area contributed by atoms with E-state index in [9.17, 15) is 9.59 Å². The third kappa shape index (κ3) is 8.40. The third-order valence-corrected chi connectivity index (χ3v) is 4.90. The molecule has 2 N–H and O–H groups in total. The quantitative estimate of drug-likeness (QED) is 0.657. The first-order chi connectivity index (χ1) is 14.4. The zero-order valence-corrected chi connectivity index (χ0v) is 19.8. The summed E-state index contributed by atoms with van der Waals surface area (Å²) in [6.07, 6.45) is 0.906. The summed E-state index contributed by atoms with van der Waals surface area (Å²) < 4.78 is 16.9. The van der Waals surface area contributed by atoms with Gasteiger partial charge in [-0.25, -0.2) is 4.79 Å². The largest absolute Gasteiger partial charge is 0.492 e. The van der Waals surface area contributed by atoms with Gasteiger partial charge in [0.1, 0.15) is 23.6 Å². The lowest BCUT2D eigenvalue weighted by Gasteiger charge is -2.28. The molecule has 1 aromatic carbocycles. The highest BCUT2D eigenvalue weighted by Gasteiger charge is 2.39. The van der Waals surface area contributed by atoms with E-state index in [4.69, 9.17) is 19.9 Å². The average Bonchev–Trinajstić information content (AvgIpc) is 3.12. The number of hydrogen-bond acceptors (Lipinski definition) is 6. The maximum Gasteiger partial charge on any atom is 0.410 e. The van der Waals surface area contributed by atoms with Crippen molar-refractivity contribution in [2.75, 3.05) is 26.2 Å². The van der Waals surface area contributed by atoms with Gasteiger partial charge in [0.05, 0.1) is 5.92 Å². The van der Waals surface area contributed by atoms with Crippen LogP contribution in [0.1, 0.15) is 53.5 Å². The maximum atomic E-state index is 13.1. The van der Waals surface area contributed by atoms with Gasteiger partial charge in [-0.15, -0.1) is 0 Å². The lowest BCUT2D eigenvalue weighted by molar-refractivity contribution is -0.161. The summed E-state index contributed by atoms with van der Waals surface area (Å²) in [6.45, 7) is 13.1. The first-order valence-electron chi connectivity index (χ1n) is 11.0. The molecule has 1 unspecified atom stereocenters. The molecule has 0 bridgehead atoms. The minimum Gasteiger partial charge on any atom is -0.492 e. The van der Waals surface area contributed by atoms with Gasteiger partial charge in [0.25, 0.3) is 0 Å². The standard InChI is InChI=1S/C24H38N2O5/c1-23(2,3)30-21(27)20(15-17-8-7-9-19(14-17)29-13-11-25)18-10-12-26(16-18)22(28)31-24(4,5)6/h7-9,14,18,20H,10-13,15-16,25H2,1-6H3/t18-,20?/m0/s1. The van der Waals surface area contributed by atoms with Crippen molar-refractivity contribution in [2.24, 2.45) is 17.6 Å². The van der Waals surface area contributed by atoms with Gasteiger partial charge in [0, 0.05) is 19.6 Å². The molecule has 2 atom stereocenters. The summed E-state index contributed by atoms with van der Waals surface area (Å²) >= 11 is 0. The van der Waals surface area contributed by atoms with Crippen molar-refractivity contribution in [3.63, 3.8) is 0 Å². The van der Waals surface area contributed by atoms with Crippen molar-refractivity contribution in [2.45, 2.75) is 65.6 Å². The Hall–Kier alpha value is -2.28. The molecule has 31 heavy (non-hydrogen) atoms. The molecule has 0 aliphatic carbocycles. The summed E-state index contributed by atoms with van der Waals surface area (Å²) in [5.74, 6) is 0.122. The Morgan fingerprint density at radius 3 is 2.42 bits per heavy atom. The van der Waals surface area contributed by atoms with Crippen LogP contribution in [0.3, 0.4) is 0 Å². The van der Waals surface area contributed by atoms with E-state index in [2.05, 4.69) is 0 Å². The van der Waals surface area contributed by atoms with Crippen LogP contribution in [0.25, 0.3) is 0 Å². The van der Waals surface area contributed by atoms with E-state index >= 15 is 0 Å². The zero-order chi connectivity index (χ0) is 23.2. The lowest BCUT2D eigenvalue weighted by Crippen LogP contribution is -2.38. The van der Waals surface area contributed by atoms with Crippen LogP contribution in [-0.2, 0) is 20.7 Å². The maximum absolute atomic E-state index is 13.1. The number of amides is 1. The third-order valence-electron chi connectivity index (χ3n) is 4.90. The number of rotatable bonds is 7. The Balaban J connectivity index is 2.16. The normalized spacial score (nSPS) is 17.9. The number of likely N-dealkylation sites (tertiary alicyclic amines) is 1. The molecule has 1 aromatic rings. The van der Waals surface area contributed by atoms with Gasteiger partial charge < -0.3 is 24.8 Å². The van der Waals surface area contributed by atoms with Crippen LogP contribution in [0, 0.1) is 11.8 Å². The Bertz CT molecular complexity index is 751. The smallest absolute Gasteiger partial charge is 0.410 e. The highest BCUT2D eigenvalue weighted by Crippen LogP contribution is 2.31. The summed E-state index contributed by atoms with van der Waals surface area (Å²) in [5, 5.41) is 0. The molecule has 1 aliphatic rings. The van der Waals surface area contributed by atoms with Gasteiger partial charge in [-0.3, -0.25) is 4.79 Å². The molecule has 1 aliphatic heterocycles. The van der Waals surface area contributed by atoms with Crippen molar-refractivity contribution < 1.29 is 23.8 Å². The van der Waals surface area contributed by atoms with Crippen LogP contribution in [0.15, 0.2) is 24.3 Å². The first-order valence-corrected chi connectivity index (χ1v) is 11.0. The van der Waals surface area contributed by atoms with Gasteiger partial charge in [0.2, 0.25) is 0 Å². The van der Waals surface area contributed by atoms with Crippen LogP contribution < -0.4 is 10.5 Å². The lowest BCUT2D eigenvalue weighted by atomic mass is 9.86. The van der Waals surface area contributed by atoms with Gasteiger partial charge >= 0.3 is 12.1 Å². The average molecular weight is 435 g/mol. The summed E-state index contributed by atoms with van der Waals surface area (Å²) in [7, 11) is 0. The Morgan fingerprint density at radius 1 is 1.13 bits per heavy atom. The van der Waals surface area contributed by atoms with Gasteiger partial charge in [-0.2, -0.15) is 0 Å². The molecule has 174 valence electrons. The SMILES string of the molecule is CC(C)(C)OC(=O)C(Cc1cccc(OCCN)c1)[C@H]1CCN(C(=O)OC(C)(C)C)C1. The topological polar surface area (TPSA) is 91.1 Å². The van der Waals surface area contributed by atoms with Gasteiger partial charge in [-0.1, -0.05) is 12.1 Å². The Kier molecular flexibility index (Phi) is 8.34. The highest BCUT2D eigenvalue weighted by atomic mass is 16.6. The van der Waals surface area contributed by atoms with Crippen molar-refractivity contribution in [1.29, 1.82) is 0 Å². The van der Waals surface area contributed by atoms with E-state index in [0.717, 1.165) is 17.7 Å². The molecule has 0 aromatic heterocycles. The molecule has 1 saturated heterocycles. The second-order valence-electron chi connectivity index (χ2n) is 10.1. The molecular weight excluding hydrogens is 396 g/mol. The molecule has 0 saturated carbocycles. The zero-order valence-electron chi connectivity index (χ0n) is 19.8. The second kappa shape index (κ2) is 10.4. The van der Waals surface area contributed by atoms with E-state index in [1.54, 1.807) is 4.90 Å². The predicted octanol–water partition coefficient (Wildman–Crippen LogP) is 3.78. The van der Waals surface area contributed by atoms with Gasteiger partial charge in [0.15, 0.2) is 0 Å².